The van der Waals surface area contributed by atoms with Crippen molar-refractivity contribution in [2.75, 3.05) is 6.54 Å². The Morgan fingerprint density at radius 3 is 2.74 bits per heavy atom. The Kier molecular flexibility index (Phi) is 3.25. The summed E-state index contributed by atoms with van der Waals surface area (Å²) in [4.78, 5) is 11.9. The number of halogens is 2. The summed E-state index contributed by atoms with van der Waals surface area (Å²) in [6.07, 6.45) is 4.31. The molecule has 1 N–H and O–H groups in total. The standard InChI is InChI=1S/C15H17F2NO/c16-10-4-5-11(14(17)6-10)12-7-13(12)15(19)18-8-9-2-1-3-9/h4-6,9,12-13H,1-3,7-8H2,(H,18,19)/t12-,13-/m0/s1. The summed E-state index contributed by atoms with van der Waals surface area (Å²) in [6, 6.07) is 3.59. The summed E-state index contributed by atoms with van der Waals surface area (Å²) in [5.74, 6) is -0.696. The van der Waals surface area contributed by atoms with Gasteiger partial charge in [0.15, 0.2) is 0 Å². The van der Waals surface area contributed by atoms with Crippen LogP contribution in [0, 0.1) is 23.5 Å². The van der Waals surface area contributed by atoms with Gasteiger partial charge >= 0.3 is 0 Å². The maximum absolute atomic E-state index is 13.6. The van der Waals surface area contributed by atoms with Crippen LogP contribution in [0.2, 0.25) is 0 Å². The summed E-state index contributed by atoms with van der Waals surface area (Å²) in [5, 5.41) is 2.94. The fourth-order valence-electron chi connectivity index (χ4n) is 2.70. The number of carbonyl (C=O) groups is 1. The molecule has 19 heavy (non-hydrogen) atoms. The summed E-state index contributed by atoms with van der Waals surface area (Å²) in [7, 11) is 0. The van der Waals surface area contributed by atoms with Crippen molar-refractivity contribution in [2.45, 2.75) is 31.6 Å². The molecule has 2 saturated carbocycles. The van der Waals surface area contributed by atoms with Crippen molar-refractivity contribution in [1.82, 2.24) is 5.32 Å². The molecule has 1 aromatic rings. The van der Waals surface area contributed by atoms with Crippen LogP contribution >= 0.6 is 0 Å². The third-order valence-corrected chi connectivity index (χ3v) is 4.28. The molecule has 102 valence electrons. The fraction of sp³-hybridized carbons (Fsp3) is 0.533. The van der Waals surface area contributed by atoms with Gasteiger partial charge in [-0.1, -0.05) is 12.5 Å². The molecule has 0 radical (unpaired) electrons. The zero-order chi connectivity index (χ0) is 13.4. The van der Waals surface area contributed by atoms with Crippen LogP contribution in [-0.2, 0) is 4.79 Å². The lowest BCUT2D eigenvalue weighted by atomic mass is 9.85. The van der Waals surface area contributed by atoms with Crippen molar-refractivity contribution in [3.63, 3.8) is 0 Å². The van der Waals surface area contributed by atoms with Crippen molar-refractivity contribution in [1.29, 1.82) is 0 Å². The SMILES string of the molecule is O=C(NCC1CCC1)[C@H]1C[C@H]1c1ccc(F)cc1F. The molecule has 0 spiro atoms. The first-order valence-electron chi connectivity index (χ1n) is 6.88. The Hall–Kier alpha value is -1.45. The Labute approximate surface area is 111 Å². The van der Waals surface area contributed by atoms with Crippen molar-refractivity contribution < 1.29 is 13.6 Å². The topological polar surface area (TPSA) is 29.1 Å². The van der Waals surface area contributed by atoms with Gasteiger partial charge in [-0.2, -0.15) is 0 Å². The molecule has 0 aromatic heterocycles. The number of amides is 1. The van der Waals surface area contributed by atoms with Gasteiger partial charge in [-0.15, -0.1) is 0 Å². The van der Waals surface area contributed by atoms with Crippen LogP contribution in [-0.4, -0.2) is 12.5 Å². The fourth-order valence-corrected chi connectivity index (χ4v) is 2.70. The highest BCUT2D eigenvalue weighted by molar-refractivity contribution is 5.82. The minimum atomic E-state index is -0.576. The van der Waals surface area contributed by atoms with Crippen LogP contribution in [0.4, 0.5) is 8.78 Å². The highest BCUT2D eigenvalue weighted by Gasteiger charge is 2.45. The van der Waals surface area contributed by atoms with Gasteiger partial charge in [0.25, 0.3) is 0 Å². The van der Waals surface area contributed by atoms with Gasteiger partial charge in [0, 0.05) is 18.5 Å². The van der Waals surface area contributed by atoms with Crippen LogP contribution in [0.15, 0.2) is 18.2 Å². The molecule has 0 unspecified atom stereocenters. The molecule has 2 aliphatic rings. The molecule has 3 rings (SSSR count). The number of hydrogen-bond donors (Lipinski definition) is 1. The third kappa shape index (κ3) is 2.62. The van der Waals surface area contributed by atoms with E-state index >= 15 is 0 Å². The molecule has 0 heterocycles. The molecule has 0 bridgehead atoms. The summed E-state index contributed by atoms with van der Waals surface area (Å²) in [6.45, 7) is 0.744. The van der Waals surface area contributed by atoms with E-state index < -0.39 is 11.6 Å². The first-order valence-corrected chi connectivity index (χ1v) is 6.88. The molecule has 4 heteroatoms. The van der Waals surface area contributed by atoms with Crippen molar-refractivity contribution >= 4 is 5.91 Å². The van der Waals surface area contributed by atoms with E-state index in [0.29, 0.717) is 17.9 Å². The van der Waals surface area contributed by atoms with Gasteiger partial charge in [0.05, 0.1) is 0 Å². The van der Waals surface area contributed by atoms with Crippen molar-refractivity contribution in [3.05, 3.63) is 35.4 Å². The van der Waals surface area contributed by atoms with Gasteiger partial charge < -0.3 is 5.32 Å². The lowest BCUT2D eigenvalue weighted by Crippen LogP contribution is -2.33. The summed E-state index contributed by atoms with van der Waals surface area (Å²) in [5.41, 5.74) is 0.463. The van der Waals surface area contributed by atoms with E-state index in [2.05, 4.69) is 5.32 Å². The Morgan fingerprint density at radius 2 is 2.11 bits per heavy atom. The first kappa shape index (κ1) is 12.6. The van der Waals surface area contributed by atoms with E-state index in [-0.39, 0.29) is 17.7 Å². The largest absolute Gasteiger partial charge is 0.356 e. The van der Waals surface area contributed by atoms with Gasteiger partial charge in [-0.3, -0.25) is 4.79 Å². The van der Waals surface area contributed by atoms with Crippen molar-refractivity contribution in [2.24, 2.45) is 11.8 Å². The van der Waals surface area contributed by atoms with E-state index in [9.17, 15) is 13.6 Å². The van der Waals surface area contributed by atoms with Crippen LogP contribution < -0.4 is 5.32 Å². The second-order valence-electron chi connectivity index (χ2n) is 5.66. The Bertz CT molecular complexity index is 499. The van der Waals surface area contributed by atoms with E-state index in [1.165, 1.54) is 31.4 Å². The molecule has 2 nitrogen and oxygen atoms in total. The molecule has 0 saturated heterocycles. The minimum absolute atomic E-state index is 0.0145. The van der Waals surface area contributed by atoms with E-state index in [0.717, 1.165) is 12.6 Å². The predicted molar refractivity (Wildman–Crippen MR) is 67.6 cm³/mol. The van der Waals surface area contributed by atoms with E-state index in [4.69, 9.17) is 0 Å². The normalized spacial score (nSPS) is 25.8. The van der Waals surface area contributed by atoms with Gasteiger partial charge in [0.2, 0.25) is 5.91 Å². The van der Waals surface area contributed by atoms with Crippen LogP contribution in [0.3, 0.4) is 0 Å². The molecule has 2 fully saturated rings. The predicted octanol–water partition coefficient (Wildman–Crippen LogP) is 2.98. The second-order valence-corrected chi connectivity index (χ2v) is 5.66. The summed E-state index contributed by atoms with van der Waals surface area (Å²) < 4.78 is 26.4. The molecule has 0 aliphatic heterocycles. The average Bonchev–Trinajstić information content (AvgIpc) is 3.06. The van der Waals surface area contributed by atoms with Gasteiger partial charge in [0.1, 0.15) is 11.6 Å². The lowest BCUT2D eigenvalue weighted by molar-refractivity contribution is -0.122. The average molecular weight is 265 g/mol. The first-order chi connectivity index (χ1) is 9.15. The van der Waals surface area contributed by atoms with Crippen LogP contribution in [0.25, 0.3) is 0 Å². The highest BCUT2D eigenvalue weighted by atomic mass is 19.1. The second kappa shape index (κ2) is 4.91. The number of carbonyl (C=O) groups excluding carboxylic acids is 1. The Balaban J connectivity index is 1.55. The van der Waals surface area contributed by atoms with Crippen LogP contribution in [0.5, 0.6) is 0 Å². The molecule has 1 amide bonds. The van der Waals surface area contributed by atoms with E-state index in [1.54, 1.807) is 0 Å². The number of rotatable bonds is 4. The van der Waals surface area contributed by atoms with Gasteiger partial charge in [-0.25, -0.2) is 8.78 Å². The minimum Gasteiger partial charge on any atom is -0.356 e. The zero-order valence-corrected chi connectivity index (χ0v) is 10.7. The maximum Gasteiger partial charge on any atom is 0.223 e. The molecule has 1 aromatic carbocycles. The van der Waals surface area contributed by atoms with Gasteiger partial charge in [-0.05, 0) is 42.7 Å². The summed E-state index contributed by atoms with van der Waals surface area (Å²) >= 11 is 0. The molecule has 2 aliphatic carbocycles. The lowest BCUT2D eigenvalue weighted by Gasteiger charge is -2.25. The Morgan fingerprint density at radius 1 is 1.32 bits per heavy atom. The number of benzene rings is 1. The number of hydrogen-bond acceptors (Lipinski definition) is 1. The monoisotopic (exact) mass is 265 g/mol. The van der Waals surface area contributed by atoms with Crippen molar-refractivity contribution in [3.8, 4) is 0 Å². The highest BCUT2D eigenvalue weighted by Crippen LogP contribution is 2.48. The van der Waals surface area contributed by atoms with E-state index in [1.807, 2.05) is 0 Å². The number of nitrogens with one attached hydrogen (secondary N) is 1. The maximum atomic E-state index is 13.6. The zero-order valence-electron chi connectivity index (χ0n) is 10.7. The molecular weight excluding hydrogens is 248 g/mol. The molecule has 2 atom stereocenters. The van der Waals surface area contributed by atoms with Crippen LogP contribution in [0.1, 0.15) is 37.2 Å². The third-order valence-electron chi connectivity index (χ3n) is 4.28. The molecular formula is C15H17F2NO. The quantitative estimate of drug-likeness (QED) is 0.891. The smallest absolute Gasteiger partial charge is 0.223 e.